The third-order valence-corrected chi connectivity index (χ3v) is 4.52. The van der Waals surface area contributed by atoms with Gasteiger partial charge in [-0.25, -0.2) is 4.98 Å². The van der Waals surface area contributed by atoms with Gasteiger partial charge in [-0.05, 0) is 12.1 Å². The van der Waals surface area contributed by atoms with Crippen LogP contribution in [-0.4, -0.2) is 42.4 Å². The van der Waals surface area contributed by atoms with Gasteiger partial charge in [-0.3, -0.25) is 4.79 Å². The van der Waals surface area contributed by atoms with Crippen molar-refractivity contribution in [3.8, 4) is 5.75 Å². The number of methoxy groups -OCH3 is 1. The first-order valence-corrected chi connectivity index (χ1v) is 8.61. The number of nitrogens with zero attached hydrogens (tertiary/aromatic N) is 1. The first kappa shape index (κ1) is 19.0. The average Bonchev–Trinajstić information content (AvgIpc) is 3.03. The monoisotopic (exact) mass is 390 g/mol. The number of aromatic nitrogens is 1. The number of amides is 1. The van der Waals surface area contributed by atoms with E-state index >= 15 is 0 Å². The Kier molecular flexibility index (Phi) is 7.26. The third kappa shape index (κ3) is 5.32. The summed E-state index contributed by atoms with van der Waals surface area (Å²) in [4.78, 5) is 16.1. The Morgan fingerprint density at radius 1 is 1.46 bits per heavy atom. The Morgan fingerprint density at radius 3 is 3.00 bits per heavy atom. The van der Waals surface area contributed by atoms with E-state index in [9.17, 15) is 9.90 Å². The number of carbonyl (C=O) groups excluding carboxylic acids is 1. The zero-order valence-electron chi connectivity index (χ0n) is 12.8. The van der Waals surface area contributed by atoms with E-state index in [0.717, 1.165) is 0 Å². The minimum absolute atomic E-state index is 0.0220. The van der Waals surface area contributed by atoms with Crippen molar-refractivity contribution >= 4 is 40.4 Å². The first-order chi connectivity index (χ1) is 11.5. The normalized spacial score (nSPS) is 12.0. The highest BCUT2D eigenvalue weighted by Gasteiger charge is 2.14. The molecule has 2 rings (SSSR count). The summed E-state index contributed by atoms with van der Waals surface area (Å²) in [6.45, 7) is 0.343. The van der Waals surface area contributed by atoms with Crippen LogP contribution in [0.4, 0.5) is 0 Å². The van der Waals surface area contributed by atoms with Crippen LogP contribution in [0.1, 0.15) is 15.5 Å². The standard InChI is InChI=1S/C15H16Cl2N2O4S/c1-22-7-13-19-11(8-24-13)15(21)18-5-9(20)6-23-12-4-2-3-10(16)14(12)17/h2-4,8-9,20H,5-7H2,1H3,(H,18,21). The summed E-state index contributed by atoms with van der Waals surface area (Å²) in [6.07, 6.45) is -0.902. The molecule has 0 saturated heterocycles. The molecule has 1 unspecified atom stereocenters. The molecular formula is C15H16Cl2N2O4S. The van der Waals surface area contributed by atoms with E-state index in [1.54, 1.807) is 30.7 Å². The lowest BCUT2D eigenvalue weighted by molar-refractivity contribution is 0.0840. The maximum absolute atomic E-state index is 11.9. The van der Waals surface area contributed by atoms with Crippen LogP contribution in [0.2, 0.25) is 10.0 Å². The molecule has 2 N–H and O–H groups in total. The molecule has 1 heterocycles. The zero-order chi connectivity index (χ0) is 17.5. The van der Waals surface area contributed by atoms with Crippen LogP contribution >= 0.6 is 34.5 Å². The lowest BCUT2D eigenvalue weighted by Crippen LogP contribution is -2.35. The zero-order valence-corrected chi connectivity index (χ0v) is 15.1. The quantitative estimate of drug-likeness (QED) is 0.724. The van der Waals surface area contributed by atoms with E-state index < -0.39 is 6.10 Å². The van der Waals surface area contributed by atoms with Gasteiger partial charge in [-0.15, -0.1) is 11.3 Å². The van der Waals surface area contributed by atoms with Crippen molar-refractivity contribution in [1.29, 1.82) is 0 Å². The number of halogens is 2. The number of nitrogens with one attached hydrogen (secondary N) is 1. The van der Waals surface area contributed by atoms with Gasteiger partial charge >= 0.3 is 0 Å². The van der Waals surface area contributed by atoms with Crippen LogP contribution in [0.15, 0.2) is 23.6 Å². The van der Waals surface area contributed by atoms with E-state index in [1.807, 2.05) is 0 Å². The summed E-state index contributed by atoms with van der Waals surface area (Å²) in [5, 5.41) is 15.5. The van der Waals surface area contributed by atoms with E-state index in [1.165, 1.54) is 11.3 Å². The predicted octanol–water partition coefficient (Wildman–Crippen LogP) is 2.77. The van der Waals surface area contributed by atoms with Crippen molar-refractivity contribution < 1.29 is 19.4 Å². The Morgan fingerprint density at radius 2 is 2.25 bits per heavy atom. The lowest BCUT2D eigenvalue weighted by Gasteiger charge is -2.14. The van der Waals surface area contributed by atoms with E-state index in [0.29, 0.717) is 22.4 Å². The van der Waals surface area contributed by atoms with Gasteiger partial charge in [-0.1, -0.05) is 29.3 Å². The van der Waals surface area contributed by atoms with Gasteiger partial charge in [0, 0.05) is 19.0 Å². The summed E-state index contributed by atoms with van der Waals surface area (Å²) in [7, 11) is 1.56. The number of thiazole rings is 1. The van der Waals surface area contributed by atoms with Gasteiger partial charge in [0.15, 0.2) is 0 Å². The molecule has 1 amide bonds. The maximum Gasteiger partial charge on any atom is 0.270 e. The Bertz CT molecular complexity index is 696. The minimum Gasteiger partial charge on any atom is -0.489 e. The molecule has 0 aliphatic heterocycles. The van der Waals surface area contributed by atoms with Crippen molar-refractivity contribution in [2.24, 2.45) is 0 Å². The smallest absolute Gasteiger partial charge is 0.270 e. The Labute approximate surface area is 153 Å². The number of aliphatic hydroxyl groups is 1. The van der Waals surface area contributed by atoms with E-state index in [2.05, 4.69) is 10.3 Å². The molecule has 0 saturated carbocycles. The highest BCUT2D eigenvalue weighted by Crippen LogP contribution is 2.31. The summed E-state index contributed by atoms with van der Waals surface area (Å²) < 4.78 is 10.4. The van der Waals surface area contributed by atoms with Crippen molar-refractivity contribution in [2.75, 3.05) is 20.3 Å². The maximum atomic E-state index is 11.9. The summed E-state index contributed by atoms with van der Waals surface area (Å²) in [5.41, 5.74) is 0.290. The molecular weight excluding hydrogens is 375 g/mol. The number of hydrogen-bond acceptors (Lipinski definition) is 6. The summed E-state index contributed by atoms with van der Waals surface area (Å²) in [6, 6.07) is 4.97. The number of benzene rings is 1. The summed E-state index contributed by atoms with van der Waals surface area (Å²) >= 11 is 13.2. The molecule has 0 bridgehead atoms. The number of aliphatic hydroxyl groups excluding tert-OH is 1. The van der Waals surface area contributed by atoms with Gasteiger partial charge < -0.3 is 19.9 Å². The molecule has 0 fully saturated rings. The molecule has 24 heavy (non-hydrogen) atoms. The molecule has 6 nitrogen and oxygen atoms in total. The van der Waals surface area contributed by atoms with Crippen LogP contribution in [0, 0.1) is 0 Å². The molecule has 0 aliphatic rings. The number of ether oxygens (including phenoxy) is 2. The second-order valence-electron chi connectivity index (χ2n) is 4.79. The minimum atomic E-state index is -0.902. The number of carbonyl (C=O) groups is 1. The molecule has 130 valence electrons. The number of rotatable bonds is 8. The molecule has 0 spiro atoms. The van der Waals surface area contributed by atoms with Gasteiger partial charge in [0.1, 0.15) is 34.2 Å². The van der Waals surface area contributed by atoms with Gasteiger partial charge in [-0.2, -0.15) is 0 Å². The second kappa shape index (κ2) is 9.19. The molecule has 0 aliphatic carbocycles. The van der Waals surface area contributed by atoms with Gasteiger partial charge in [0.25, 0.3) is 5.91 Å². The molecule has 1 atom stereocenters. The second-order valence-corrected chi connectivity index (χ2v) is 6.51. The van der Waals surface area contributed by atoms with E-state index in [4.69, 9.17) is 32.7 Å². The highest BCUT2D eigenvalue weighted by molar-refractivity contribution is 7.09. The fourth-order valence-corrected chi connectivity index (χ4v) is 2.84. The molecule has 0 radical (unpaired) electrons. The molecule has 1 aromatic heterocycles. The average molecular weight is 391 g/mol. The van der Waals surface area contributed by atoms with E-state index in [-0.39, 0.29) is 29.8 Å². The number of hydrogen-bond donors (Lipinski definition) is 2. The van der Waals surface area contributed by atoms with Crippen molar-refractivity contribution in [3.63, 3.8) is 0 Å². The molecule has 1 aromatic carbocycles. The van der Waals surface area contributed by atoms with Crippen LogP contribution in [0.5, 0.6) is 5.75 Å². The molecule has 2 aromatic rings. The fraction of sp³-hybridized carbons (Fsp3) is 0.333. The van der Waals surface area contributed by atoms with Gasteiger partial charge in [0.2, 0.25) is 0 Å². The largest absolute Gasteiger partial charge is 0.489 e. The first-order valence-electron chi connectivity index (χ1n) is 6.97. The van der Waals surface area contributed by atoms with Crippen molar-refractivity contribution in [3.05, 3.63) is 44.3 Å². The topological polar surface area (TPSA) is 80.7 Å². The van der Waals surface area contributed by atoms with Crippen LogP contribution < -0.4 is 10.1 Å². The lowest BCUT2D eigenvalue weighted by atomic mass is 10.3. The predicted molar refractivity (Wildman–Crippen MR) is 93.1 cm³/mol. The Balaban J connectivity index is 1.78. The van der Waals surface area contributed by atoms with Crippen LogP contribution in [0.25, 0.3) is 0 Å². The van der Waals surface area contributed by atoms with Crippen LogP contribution in [0.3, 0.4) is 0 Å². The SMILES string of the molecule is COCc1nc(C(=O)NCC(O)COc2cccc(Cl)c2Cl)cs1. The van der Waals surface area contributed by atoms with Crippen LogP contribution in [-0.2, 0) is 11.3 Å². The Hall–Kier alpha value is -1.38. The fourth-order valence-electron chi connectivity index (χ4n) is 1.75. The highest BCUT2D eigenvalue weighted by atomic mass is 35.5. The summed E-state index contributed by atoms with van der Waals surface area (Å²) in [5.74, 6) is 0.00620. The third-order valence-electron chi connectivity index (χ3n) is 2.90. The van der Waals surface area contributed by atoms with Crippen molar-refractivity contribution in [2.45, 2.75) is 12.7 Å². The molecule has 9 heteroatoms. The van der Waals surface area contributed by atoms with Gasteiger partial charge in [0.05, 0.1) is 11.6 Å². The van der Waals surface area contributed by atoms with Crippen molar-refractivity contribution in [1.82, 2.24) is 10.3 Å².